The summed E-state index contributed by atoms with van der Waals surface area (Å²) in [6.07, 6.45) is -4.82. The van der Waals surface area contributed by atoms with E-state index in [4.69, 9.17) is 5.73 Å². The van der Waals surface area contributed by atoms with Crippen molar-refractivity contribution < 1.29 is 22.3 Å². The highest BCUT2D eigenvalue weighted by Crippen LogP contribution is 2.39. The molecule has 0 aliphatic rings. The summed E-state index contributed by atoms with van der Waals surface area (Å²) in [7, 11) is 1.16. The maximum Gasteiger partial charge on any atom is 0.421 e. The predicted octanol–water partition coefficient (Wildman–Crippen LogP) is 2.44. The number of benzene rings is 1. The second kappa shape index (κ2) is 3.36. The fraction of sp³-hybridized carbons (Fsp3) is 0.250. The zero-order chi connectivity index (χ0) is 10.9. The highest BCUT2D eigenvalue weighted by Gasteiger charge is 2.37. The molecule has 6 heteroatoms. The van der Waals surface area contributed by atoms with Crippen molar-refractivity contribution in [3.8, 4) is 5.75 Å². The lowest BCUT2D eigenvalue weighted by Gasteiger charge is -2.13. The van der Waals surface area contributed by atoms with Gasteiger partial charge in [0.05, 0.1) is 12.8 Å². The van der Waals surface area contributed by atoms with Crippen molar-refractivity contribution in [3.05, 3.63) is 23.5 Å². The molecular weight excluding hydrogens is 202 g/mol. The smallest absolute Gasteiger partial charge is 0.421 e. The average Bonchev–Trinajstić information content (AvgIpc) is 2.02. The van der Waals surface area contributed by atoms with E-state index in [1.54, 1.807) is 0 Å². The summed E-state index contributed by atoms with van der Waals surface area (Å²) < 4.78 is 54.1. The molecule has 0 bridgehead atoms. The molecule has 0 spiro atoms. The van der Waals surface area contributed by atoms with Gasteiger partial charge in [-0.2, -0.15) is 13.2 Å². The summed E-state index contributed by atoms with van der Waals surface area (Å²) in [6, 6.07) is 1.71. The second-order valence-electron chi connectivity index (χ2n) is 2.54. The van der Waals surface area contributed by atoms with Crippen LogP contribution in [0.25, 0.3) is 0 Å². The molecule has 0 heterocycles. The van der Waals surface area contributed by atoms with E-state index in [-0.39, 0.29) is 5.75 Å². The first kappa shape index (κ1) is 10.6. The van der Waals surface area contributed by atoms with Crippen LogP contribution in [0.1, 0.15) is 5.56 Å². The number of halogens is 4. The van der Waals surface area contributed by atoms with Gasteiger partial charge in [-0.25, -0.2) is 4.39 Å². The third-order valence-corrected chi connectivity index (χ3v) is 1.66. The van der Waals surface area contributed by atoms with Gasteiger partial charge in [0.25, 0.3) is 0 Å². The SMILES string of the molecule is COc1ccc(F)c(C(F)(F)F)c1N. The van der Waals surface area contributed by atoms with E-state index in [1.807, 2.05) is 0 Å². The normalized spacial score (nSPS) is 11.5. The Morgan fingerprint density at radius 3 is 2.29 bits per heavy atom. The number of nitrogens with two attached hydrogens (primary N) is 1. The number of ether oxygens (including phenoxy) is 1. The Labute approximate surface area is 77.3 Å². The lowest BCUT2D eigenvalue weighted by atomic mass is 10.1. The van der Waals surface area contributed by atoms with E-state index in [0.717, 1.165) is 13.2 Å². The van der Waals surface area contributed by atoms with Crippen LogP contribution >= 0.6 is 0 Å². The van der Waals surface area contributed by atoms with Crippen molar-refractivity contribution in [2.75, 3.05) is 12.8 Å². The van der Waals surface area contributed by atoms with Gasteiger partial charge in [-0.3, -0.25) is 0 Å². The first-order valence-corrected chi connectivity index (χ1v) is 3.57. The van der Waals surface area contributed by atoms with E-state index < -0.39 is 23.2 Å². The standard InChI is InChI=1S/C8H7F4NO/c1-14-5-3-2-4(9)6(7(5)13)8(10,11)12/h2-3H,13H2,1H3. The van der Waals surface area contributed by atoms with Crippen LogP contribution in [-0.2, 0) is 6.18 Å². The number of rotatable bonds is 1. The third-order valence-electron chi connectivity index (χ3n) is 1.66. The maximum atomic E-state index is 12.8. The van der Waals surface area contributed by atoms with Gasteiger partial charge in [0.15, 0.2) is 0 Å². The Morgan fingerprint density at radius 1 is 1.29 bits per heavy atom. The summed E-state index contributed by atoms with van der Waals surface area (Å²) in [5.41, 5.74) is 2.87. The number of hydrogen-bond donors (Lipinski definition) is 1. The van der Waals surface area contributed by atoms with Gasteiger partial charge in [0.1, 0.15) is 17.1 Å². The number of methoxy groups -OCH3 is 1. The fourth-order valence-electron chi connectivity index (χ4n) is 1.04. The predicted molar refractivity (Wildman–Crippen MR) is 42.4 cm³/mol. The van der Waals surface area contributed by atoms with Crippen molar-refractivity contribution in [2.24, 2.45) is 0 Å². The Balaban J connectivity index is 3.40. The fourth-order valence-corrected chi connectivity index (χ4v) is 1.04. The molecule has 1 aromatic rings. The molecule has 0 atom stereocenters. The van der Waals surface area contributed by atoms with Crippen molar-refractivity contribution >= 4 is 5.69 Å². The number of nitrogen functional groups attached to an aromatic ring is 1. The lowest BCUT2D eigenvalue weighted by molar-refractivity contribution is -0.139. The Bertz CT molecular complexity index is 348. The zero-order valence-corrected chi connectivity index (χ0v) is 7.15. The van der Waals surface area contributed by atoms with Gasteiger partial charge < -0.3 is 10.5 Å². The van der Waals surface area contributed by atoms with Crippen LogP contribution < -0.4 is 10.5 Å². The van der Waals surface area contributed by atoms with Gasteiger partial charge in [-0.05, 0) is 12.1 Å². The lowest BCUT2D eigenvalue weighted by Crippen LogP contribution is -2.12. The first-order chi connectivity index (χ1) is 6.38. The molecule has 78 valence electrons. The number of alkyl halides is 3. The molecule has 0 aliphatic heterocycles. The molecule has 0 amide bonds. The highest BCUT2D eigenvalue weighted by molar-refractivity contribution is 5.60. The number of anilines is 1. The van der Waals surface area contributed by atoms with Crippen LogP contribution in [0.2, 0.25) is 0 Å². The van der Waals surface area contributed by atoms with Gasteiger partial charge in [0, 0.05) is 0 Å². The van der Waals surface area contributed by atoms with Gasteiger partial charge in [-0.1, -0.05) is 0 Å². The van der Waals surface area contributed by atoms with Crippen molar-refractivity contribution in [1.82, 2.24) is 0 Å². The summed E-state index contributed by atoms with van der Waals surface area (Å²) in [4.78, 5) is 0. The van der Waals surface area contributed by atoms with Gasteiger partial charge >= 0.3 is 6.18 Å². The molecule has 1 rings (SSSR count). The molecule has 0 saturated carbocycles. The molecule has 0 radical (unpaired) electrons. The molecule has 0 aliphatic carbocycles. The van der Waals surface area contributed by atoms with Crippen molar-refractivity contribution in [2.45, 2.75) is 6.18 Å². The van der Waals surface area contributed by atoms with Crippen LogP contribution in [0.4, 0.5) is 23.2 Å². The van der Waals surface area contributed by atoms with E-state index in [1.165, 1.54) is 0 Å². The Hall–Kier alpha value is -1.46. The molecular formula is C8H7F4NO. The van der Waals surface area contributed by atoms with E-state index in [0.29, 0.717) is 6.07 Å². The largest absolute Gasteiger partial charge is 0.495 e. The Morgan fingerprint density at radius 2 is 1.86 bits per heavy atom. The summed E-state index contributed by atoms with van der Waals surface area (Å²) in [6.45, 7) is 0. The first-order valence-electron chi connectivity index (χ1n) is 3.57. The topological polar surface area (TPSA) is 35.2 Å². The van der Waals surface area contributed by atoms with Crippen LogP contribution in [0.3, 0.4) is 0 Å². The van der Waals surface area contributed by atoms with Gasteiger partial charge in [0.2, 0.25) is 0 Å². The maximum absolute atomic E-state index is 12.8. The molecule has 2 N–H and O–H groups in total. The van der Waals surface area contributed by atoms with E-state index in [2.05, 4.69) is 4.74 Å². The molecule has 14 heavy (non-hydrogen) atoms. The molecule has 0 saturated heterocycles. The number of hydrogen-bond acceptors (Lipinski definition) is 2. The average molecular weight is 209 g/mol. The molecule has 2 nitrogen and oxygen atoms in total. The second-order valence-corrected chi connectivity index (χ2v) is 2.54. The monoisotopic (exact) mass is 209 g/mol. The minimum atomic E-state index is -4.82. The van der Waals surface area contributed by atoms with Gasteiger partial charge in [-0.15, -0.1) is 0 Å². The van der Waals surface area contributed by atoms with E-state index in [9.17, 15) is 17.6 Å². The van der Waals surface area contributed by atoms with Crippen LogP contribution in [0, 0.1) is 5.82 Å². The highest BCUT2D eigenvalue weighted by atomic mass is 19.4. The quantitative estimate of drug-likeness (QED) is 0.569. The third kappa shape index (κ3) is 1.73. The van der Waals surface area contributed by atoms with Crippen LogP contribution in [0.5, 0.6) is 5.75 Å². The van der Waals surface area contributed by atoms with Crippen molar-refractivity contribution in [3.63, 3.8) is 0 Å². The molecule has 0 aromatic heterocycles. The summed E-state index contributed by atoms with van der Waals surface area (Å²) in [5.74, 6) is -1.60. The van der Waals surface area contributed by atoms with E-state index >= 15 is 0 Å². The minimum Gasteiger partial charge on any atom is -0.495 e. The zero-order valence-electron chi connectivity index (χ0n) is 7.15. The van der Waals surface area contributed by atoms with Crippen LogP contribution in [-0.4, -0.2) is 7.11 Å². The minimum absolute atomic E-state index is 0.196. The summed E-state index contributed by atoms with van der Waals surface area (Å²) in [5, 5.41) is 0. The Kier molecular flexibility index (Phi) is 2.55. The molecule has 0 fully saturated rings. The van der Waals surface area contributed by atoms with Crippen molar-refractivity contribution in [1.29, 1.82) is 0 Å². The molecule has 1 aromatic carbocycles. The molecule has 0 unspecified atom stereocenters. The van der Waals surface area contributed by atoms with Crippen LogP contribution in [0.15, 0.2) is 12.1 Å². The summed E-state index contributed by atoms with van der Waals surface area (Å²) >= 11 is 0.